The number of hydrogen-bond acceptors (Lipinski definition) is 2. The highest BCUT2D eigenvalue weighted by Crippen LogP contribution is 2.27. The third-order valence-corrected chi connectivity index (χ3v) is 2.57. The summed E-state index contributed by atoms with van der Waals surface area (Å²) in [5.74, 6) is 0.966. The molecule has 0 radical (unpaired) electrons. The molecule has 0 aromatic heterocycles. The van der Waals surface area contributed by atoms with Crippen molar-refractivity contribution in [2.75, 3.05) is 18.6 Å². The molecule has 0 aromatic rings. The van der Waals surface area contributed by atoms with E-state index in [1.807, 2.05) is 6.26 Å². The molecule has 1 rings (SSSR count). The largest absolute Gasteiger partial charge is 0.458 e. The molecule has 1 unspecified atom stereocenters. The molecule has 7 heavy (non-hydrogen) atoms. The number of rotatable bonds is 0. The zero-order valence-corrected chi connectivity index (χ0v) is 5.07. The minimum atomic E-state index is -0.387. The molecule has 0 amide bonds. The molecule has 0 saturated carbocycles. The van der Waals surface area contributed by atoms with E-state index in [9.17, 15) is 4.79 Å². The quantitative estimate of drug-likeness (QED) is 0.377. The van der Waals surface area contributed by atoms with Crippen molar-refractivity contribution < 1.29 is 9.53 Å². The van der Waals surface area contributed by atoms with Crippen LogP contribution in [-0.2, 0) is 4.74 Å². The second-order valence-corrected chi connectivity index (χ2v) is 3.74. The van der Waals surface area contributed by atoms with Gasteiger partial charge in [-0.05, 0) is 6.26 Å². The smallest absolute Gasteiger partial charge is 0.346 e. The van der Waals surface area contributed by atoms with Crippen molar-refractivity contribution in [3.63, 3.8) is 0 Å². The van der Waals surface area contributed by atoms with E-state index in [4.69, 9.17) is 0 Å². The van der Waals surface area contributed by atoms with E-state index in [1.54, 1.807) is 0 Å². The van der Waals surface area contributed by atoms with Crippen LogP contribution in [0.15, 0.2) is 0 Å². The van der Waals surface area contributed by atoms with Gasteiger partial charge in [0.25, 0.3) is 0 Å². The zero-order chi connectivity index (χ0) is 5.28. The molecule has 1 aliphatic heterocycles. The van der Waals surface area contributed by atoms with Crippen molar-refractivity contribution in [3.8, 4) is 0 Å². The predicted molar refractivity (Wildman–Crippen MR) is 31.1 cm³/mol. The summed E-state index contributed by atoms with van der Waals surface area (Å²) in [7, 11) is -0.387. The van der Waals surface area contributed by atoms with E-state index in [0.29, 0.717) is 6.61 Å². The Balaban J connectivity index is 2.48. The Kier molecular flexibility index (Phi) is 1.23. The number of hydrogen-bond donors (Lipinski definition) is 1. The van der Waals surface area contributed by atoms with Crippen molar-refractivity contribution in [2.24, 2.45) is 0 Å². The van der Waals surface area contributed by atoms with Crippen molar-refractivity contribution in [1.29, 1.82) is 0 Å². The van der Waals surface area contributed by atoms with Crippen LogP contribution in [0.5, 0.6) is 0 Å². The van der Waals surface area contributed by atoms with Gasteiger partial charge in [-0.25, -0.2) is 4.79 Å². The summed E-state index contributed by atoms with van der Waals surface area (Å²) in [5, 5.41) is 0.0231. The molecule has 3 heteroatoms. The van der Waals surface area contributed by atoms with Gasteiger partial charge in [-0.1, -0.05) is 0 Å². The fourth-order valence-electron chi connectivity index (χ4n) is 0.471. The Bertz CT molecular complexity index is 91.7. The summed E-state index contributed by atoms with van der Waals surface area (Å²) in [6, 6.07) is 0. The Labute approximate surface area is 45.2 Å². The van der Waals surface area contributed by atoms with Crippen LogP contribution in [0.4, 0.5) is 4.79 Å². The van der Waals surface area contributed by atoms with Crippen LogP contribution in [0.25, 0.3) is 0 Å². The number of cyclic esters (lactones) is 1. The van der Waals surface area contributed by atoms with E-state index >= 15 is 0 Å². The molecule has 2 nitrogen and oxygen atoms in total. The molecule has 1 atom stereocenters. The first-order chi connectivity index (χ1) is 3.30. The molecule has 0 spiro atoms. The highest BCUT2D eigenvalue weighted by molar-refractivity contribution is 8.29. The summed E-state index contributed by atoms with van der Waals surface area (Å²) in [6.45, 7) is 0.654. The lowest BCUT2D eigenvalue weighted by Gasteiger charge is -1.94. The third kappa shape index (κ3) is 0.881. The first kappa shape index (κ1) is 4.97. The Morgan fingerprint density at radius 2 is 2.57 bits per heavy atom. The van der Waals surface area contributed by atoms with Gasteiger partial charge in [0.05, 0.1) is 6.61 Å². The lowest BCUT2D eigenvalue weighted by Crippen LogP contribution is -1.86. The normalized spacial score (nSPS) is 35.6. The Morgan fingerprint density at radius 1 is 1.86 bits per heavy atom. The SMILES string of the molecule is C[SH]1CCOC1=O. The van der Waals surface area contributed by atoms with E-state index < -0.39 is 0 Å². The molecule has 1 saturated heterocycles. The van der Waals surface area contributed by atoms with Crippen molar-refractivity contribution in [1.82, 2.24) is 0 Å². The van der Waals surface area contributed by atoms with Crippen LogP contribution in [0, 0.1) is 0 Å². The summed E-state index contributed by atoms with van der Waals surface area (Å²) >= 11 is 0. The number of thiol groups is 1. The third-order valence-electron chi connectivity index (χ3n) is 0.964. The second kappa shape index (κ2) is 1.74. The molecule has 1 heterocycles. The molecule has 0 aromatic carbocycles. The molecular formula is C4H8O2S. The predicted octanol–water partition coefficient (Wildman–Crippen LogP) is 0.768. The molecule has 0 N–H and O–H groups in total. The molecular weight excluding hydrogens is 112 g/mol. The summed E-state index contributed by atoms with van der Waals surface area (Å²) in [5.41, 5.74) is 0. The summed E-state index contributed by atoms with van der Waals surface area (Å²) in [6.07, 6.45) is 1.95. The van der Waals surface area contributed by atoms with Gasteiger partial charge in [-0.3, -0.25) is 0 Å². The monoisotopic (exact) mass is 120 g/mol. The minimum Gasteiger partial charge on any atom is -0.458 e. The molecule has 1 aliphatic rings. The average Bonchev–Trinajstić information content (AvgIpc) is 1.91. The van der Waals surface area contributed by atoms with Gasteiger partial charge in [-0.15, -0.1) is 0 Å². The van der Waals surface area contributed by atoms with Crippen LogP contribution < -0.4 is 0 Å². The summed E-state index contributed by atoms with van der Waals surface area (Å²) < 4.78 is 4.65. The molecule has 42 valence electrons. The fourth-order valence-corrected chi connectivity index (χ4v) is 1.33. The van der Waals surface area contributed by atoms with Gasteiger partial charge in [0.2, 0.25) is 0 Å². The Morgan fingerprint density at radius 3 is 2.71 bits per heavy atom. The first-order valence-corrected chi connectivity index (χ1v) is 4.16. The fraction of sp³-hybridized carbons (Fsp3) is 0.750. The molecule has 0 bridgehead atoms. The zero-order valence-electron chi connectivity index (χ0n) is 4.18. The van der Waals surface area contributed by atoms with Gasteiger partial charge in [0, 0.05) is 5.75 Å². The number of carbonyl (C=O) groups excluding carboxylic acids is 1. The summed E-state index contributed by atoms with van der Waals surface area (Å²) in [4.78, 5) is 10.4. The van der Waals surface area contributed by atoms with Crippen molar-refractivity contribution >= 4 is 16.2 Å². The van der Waals surface area contributed by atoms with E-state index in [2.05, 4.69) is 4.74 Å². The standard InChI is InChI=1S/C4H8O2S/c1-7-3-2-6-4(7)5/h7H,2-3H2,1H3. The lowest BCUT2D eigenvalue weighted by atomic mass is 10.9. The van der Waals surface area contributed by atoms with Crippen molar-refractivity contribution in [3.05, 3.63) is 0 Å². The maximum atomic E-state index is 10.4. The number of carbonyl (C=O) groups is 1. The van der Waals surface area contributed by atoms with Crippen LogP contribution >= 0.6 is 10.9 Å². The van der Waals surface area contributed by atoms with Crippen LogP contribution in [0.1, 0.15) is 0 Å². The minimum absolute atomic E-state index is 0.0231. The first-order valence-electron chi connectivity index (χ1n) is 2.18. The Hall–Kier alpha value is -0.180. The van der Waals surface area contributed by atoms with Gasteiger partial charge in [0.15, 0.2) is 0 Å². The second-order valence-electron chi connectivity index (χ2n) is 1.54. The van der Waals surface area contributed by atoms with Crippen LogP contribution in [0.2, 0.25) is 0 Å². The molecule has 0 aliphatic carbocycles. The van der Waals surface area contributed by atoms with E-state index in [1.165, 1.54) is 0 Å². The highest BCUT2D eigenvalue weighted by atomic mass is 32.2. The van der Waals surface area contributed by atoms with Crippen molar-refractivity contribution in [2.45, 2.75) is 0 Å². The highest BCUT2D eigenvalue weighted by Gasteiger charge is 2.16. The van der Waals surface area contributed by atoms with Gasteiger partial charge >= 0.3 is 5.30 Å². The van der Waals surface area contributed by atoms with E-state index in [0.717, 1.165) is 5.75 Å². The average molecular weight is 120 g/mol. The van der Waals surface area contributed by atoms with Crippen LogP contribution in [-0.4, -0.2) is 23.9 Å². The van der Waals surface area contributed by atoms with Crippen LogP contribution in [0.3, 0.4) is 0 Å². The topological polar surface area (TPSA) is 26.3 Å². The van der Waals surface area contributed by atoms with E-state index in [-0.39, 0.29) is 16.2 Å². The lowest BCUT2D eigenvalue weighted by molar-refractivity contribution is 0.188. The molecule has 1 fully saturated rings. The van der Waals surface area contributed by atoms with Gasteiger partial charge < -0.3 is 4.74 Å². The van der Waals surface area contributed by atoms with Gasteiger partial charge in [0.1, 0.15) is 0 Å². The number of ether oxygens (including phenoxy) is 1. The maximum Gasteiger partial charge on any atom is 0.346 e. The van der Waals surface area contributed by atoms with Gasteiger partial charge in [-0.2, -0.15) is 10.9 Å². The maximum absolute atomic E-state index is 10.4.